The Morgan fingerprint density at radius 1 is 1.29 bits per heavy atom. The molecule has 0 spiro atoms. The van der Waals surface area contributed by atoms with Crippen molar-refractivity contribution in [3.8, 4) is 0 Å². The number of carbonyl (C=O) groups is 3. The van der Waals surface area contributed by atoms with E-state index in [1.165, 1.54) is 11.2 Å². The number of carbonyl (C=O) groups excluding carboxylic acids is 3. The van der Waals surface area contributed by atoms with Crippen molar-refractivity contribution in [2.45, 2.75) is 47.2 Å². The van der Waals surface area contributed by atoms with Crippen LogP contribution in [-0.4, -0.2) is 46.9 Å². The second kappa shape index (κ2) is 9.25. The summed E-state index contributed by atoms with van der Waals surface area (Å²) in [5, 5.41) is 2.73. The molecular weight excluding hydrogens is 362 g/mol. The molecule has 0 bridgehead atoms. The average molecular weight is 389 g/mol. The lowest BCUT2D eigenvalue weighted by Gasteiger charge is -2.27. The van der Waals surface area contributed by atoms with Gasteiger partial charge in [0.15, 0.2) is 5.78 Å². The number of rotatable bonds is 8. The molecule has 0 radical (unpaired) electrons. The lowest BCUT2D eigenvalue weighted by Crippen LogP contribution is -2.47. The van der Waals surface area contributed by atoms with Crippen molar-refractivity contribution in [1.82, 2.24) is 15.2 Å². The Kier molecular flexibility index (Phi) is 7.03. The number of hydrogen-bond donors (Lipinski definition) is 2. The summed E-state index contributed by atoms with van der Waals surface area (Å²) >= 11 is 0. The van der Waals surface area contributed by atoms with Crippen LogP contribution in [0.2, 0.25) is 0 Å². The number of ether oxygens (including phenoxy) is 1. The van der Waals surface area contributed by atoms with E-state index >= 15 is 0 Å². The molecule has 2 N–H and O–H groups in total. The van der Waals surface area contributed by atoms with Gasteiger partial charge in [-0.3, -0.25) is 4.79 Å². The minimum atomic E-state index is -0.764. The molecule has 0 saturated heterocycles. The van der Waals surface area contributed by atoms with Crippen LogP contribution in [0.15, 0.2) is 22.8 Å². The number of hydrogen-bond acceptors (Lipinski definition) is 5. The Hall–Kier alpha value is -3.03. The van der Waals surface area contributed by atoms with E-state index in [1.807, 2.05) is 6.92 Å². The van der Waals surface area contributed by atoms with E-state index in [4.69, 9.17) is 9.15 Å². The molecule has 0 aliphatic heterocycles. The summed E-state index contributed by atoms with van der Waals surface area (Å²) in [4.78, 5) is 42.3. The van der Waals surface area contributed by atoms with Gasteiger partial charge in [0.25, 0.3) is 0 Å². The van der Waals surface area contributed by atoms with E-state index in [1.54, 1.807) is 39.8 Å². The van der Waals surface area contributed by atoms with Crippen LogP contribution in [0.1, 0.15) is 58.6 Å². The monoisotopic (exact) mass is 389 g/mol. The fraction of sp³-hybridized carbons (Fsp3) is 0.450. The average Bonchev–Trinajstić information content (AvgIpc) is 3.26. The van der Waals surface area contributed by atoms with Gasteiger partial charge < -0.3 is 24.4 Å². The first kappa shape index (κ1) is 21.3. The lowest BCUT2D eigenvalue weighted by molar-refractivity contribution is 0.0519. The summed E-state index contributed by atoms with van der Waals surface area (Å²) in [5.74, 6) is -0.203. The van der Waals surface area contributed by atoms with Gasteiger partial charge in [0.2, 0.25) is 0 Å². The van der Waals surface area contributed by atoms with Crippen LogP contribution in [0.4, 0.5) is 4.79 Å². The summed E-state index contributed by atoms with van der Waals surface area (Å²) < 4.78 is 10.4. The van der Waals surface area contributed by atoms with Crippen LogP contribution in [0, 0.1) is 13.8 Å². The third kappa shape index (κ3) is 4.44. The van der Waals surface area contributed by atoms with Crippen LogP contribution < -0.4 is 5.32 Å². The van der Waals surface area contributed by atoms with Crippen molar-refractivity contribution in [2.75, 3.05) is 13.2 Å². The second-order valence-corrected chi connectivity index (χ2v) is 6.43. The number of nitrogens with zero attached hydrogens (tertiary/aromatic N) is 1. The number of aryl methyl sites for hydroxylation is 1. The highest BCUT2D eigenvalue weighted by molar-refractivity contribution is 6.06. The largest absolute Gasteiger partial charge is 0.467 e. The highest BCUT2D eigenvalue weighted by atomic mass is 16.5. The molecule has 152 valence electrons. The van der Waals surface area contributed by atoms with Gasteiger partial charge >= 0.3 is 12.0 Å². The second-order valence-electron chi connectivity index (χ2n) is 6.43. The van der Waals surface area contributed by atoms with Crippen LogP contribution in [-0.2, 0) is 11.3 Å². The quantitative estimate of drug-likeness (QED) is 0.533. The Labute approximate surface area is 164 Å². The normalized spacial score (nSPS) is 11.8. The molecular formula is C20H27N3O5. The molecule has 8 nitrogen and oxygen atoms in total. The fourth-order valence-corrected chi connectivity index (χ4v) is 3.09. The minimum absolute atomic E-state index is 0.152. The summed E-state index contributed by atoms with van der Waals surface area (Å²) in [5.41, 5.74) is 1.72. The van der Waals surface area contributed by atoms with Gasteiger partial charge in [0.1, 0.15) is 11.5 Å². The van der Waals surface area contributed by atoms with Gasteiger partial charge in [0.05, 0.1) is 25.5 Å². The standard InChI is InChI=1S/C20H27N3O5/c1-6-21-20(26)23(11-15-9-8-10-28-15)14(5)18(24)16-12(3)17(22-13(16)4)19(25)27-7-2/h8-10,14,22H,6-7,11H2,1-5H3,(H,21,26). The zero-order valence-electron chi connectivity index (χ0n) is 16.9. The van der Waals surface area contributed by atoms with Gasteiger partial charge in [-0.2, -0.15) is 0 Å². The summed E-state index contributed by atoms with van der Waals surface area (Å²) in [6.45, 7) is 9.43. The third-order valence-electron chi connectivity index (χ3n) is 4.51. The number of esters is 1. The maximum atomic E-state index is 13.2. The number of aromatic amines is 1. The Bertz CT molecular complexity index is 838. The number of H-pyrrole nitrogens is 1. The van der Waals surface area contributed by atoms with Crippen molar-refractivity contribution >= 4 is 17.8 Å². The Morgan fingerprint density at radius 2 is 2.00 bits per heavy atom. The van der Waals surface area contributed by atoms with E-state index < -0.39 is 12.0 Å². The molecule has 0 aliphatic carbocycles. The van der Waals surface area contributed by atoms with Crippen molar-refractivity contribution in [3.63, 3.8) is 0 Å². The molecule has 0 fully saturated rings. The molecule has 8 heteroatoms. The molecule has 2 rings (SSSR count). The number of nitrogens with one attached hydrogen (secondary N) is 2. The highest BCUT2D eigenvalue weighted by Crippen LogP contribution is 2.23. The van der Waals surface area contributed by atoms with E-state index in [0.717, 1.165) is 0 Å². The number of urea groups is 1. The fourth-order valence-electron chi connectivity index (χ4n) is 3.09. The van der Waals surface area contributed by atoms with Gasteiger partial charge in [0, 0.05) is 17.8 Å². The number of furan rings is 1. The first-order chi connectivity index (χ1) is 13.3. The maximum Gasteiger partial charge on any atom is 0.355 e. The first-order valence-corrected chi connectivity index (χ1v) is 9.29. The molecule has 1 unspecified atom stereocenters. The number of amides is 2. The molecule has 0 aliphatic rings. The topological polar surface area (TPSA) is 105 Å². The van der Waals surface area contributed by atoms with E-state index in [-0.39, 0.29) is 30.7 Å². The maximum absolute atomic E-state index is 13.2. The molecule has 2 amide bonds. The van der Waals surface area contributed by atoms with Crippen molar-refractivity contribution < 1.29 is 23.5 Å². The summed E-state index contributed by atoms with van der Waals surface area (Å²) in [6, 6.07) is 2.34. The molecule has 0 saturated carbocycles. The SMILES string of the molecule is CCNC(=O)N(Cc1ccco1)C(C)C(=O)c1c(C)[nH]c(C(=O)OCC)c1C. The smallest absolute Gasteiger partial charge is 0.355 e. The molecule has 2 aromatic heterocycles. The predicted molar refractivity (Wildman–Crippen MR) is 103 cm³/mol. The van der Waals surface area contributed by atoms with Gasteiger partial charge in [-0.25, -0.2) is 9.59 Å². The molecule has 2 heterocycles. The lowest BCUT2D eigenvalue weighted by atomic mass is 10.00. The van der Waals surface area contributed by atoms with Gasteiger partial charge in [-0.15, -0.1) is 0 Å². The third-order valence-corrected chi connectivity index (χ3v) is 4.51. The van der Waals surface area contributed by atoms with E-state index in [0.29, 0.717) is 29.1 Å². The Balaban J connectivity index is 2.34. The minimum Gasteiger partial charge on any atom is -0.467 e. The van der Waals surface area contributed by atoms with Crippen LogP contribution >= 0.6 is 0 Å². The molecule has 28 heavy (non-hydrogen) atoms. The van der Waals surface area contributed by atoms with Crippen LogP contribution in [0.25, 0.3) is 0 Å². The van der Waals surface area contributed by atoms with E-state index in [2.05, 4.69) is 10.3 Å². The number of Topliss-reactive ketones (excluding diaryl/α,β-unsaturated/α-hetero) is 1. The Morgan fingerprint density at radius 3 is 2.57 bits per heavy atom. The molecule has 1 atom stereocenters. The van der Waals surface area contributed by atoms with Crippen LogP contribution in [0.3, 0.4) is 0 Å². The predicted octanol–water partition coefficient (Wildman–Crippen LogP) is 3.20. The van der Waals surface area contributed by atoms with Gasteiger partial charge in [-0.1, -0.05) is 0 Å². The number of ketones is 1. The first-order valence-electron chi connectivity index (χ1n) is 9.29. The van der Waals surface area contributed by atoms with Crippen molar-refractivity contribution in [2.24, 2.45) is 0 Å². The molecule has 0 aromatic carbocycles. The van der Waals surface area contributed by atoms with Crippen LogP contribution in [0.5, 0.6) is 0 Å². The zero-order valence-corrected chi connectivity index (χ0v) is 16.9. The summed E-state index contributed by atoms with van der Waals surface area (Å²) in [7, 11) is 0. The van der Waals surface area contributed by atoms with Crippen molar-refractivity contribution in [3.05, 3.63) is 46.7 Å². The molecule has 2 aromatic rings. The van der Waals surface area contributed by atoms with E-state index in [9.17, 15) is 14.4 Å². The highest BCUT2D eigenvalue weighted by Gasteiger charge is 2.31. The number of aromatic nitrogens is 1. The van der Waals surface area contributed by atoms with Crippen molar-refractivity contribution in [1.29, 1.82) is 0 Å². The zero-order chi connectivity index (χ0) is 20.8. The van der Waals surface area contributed by atoms with Gasteiger partial charge in [-0.05, 0) is 52.3 Å². The summed E-state index contributed by atoms with van der Waals surface area (Å²) in [6.07, 6.45) is 1.52.